The van der Waals surface area contributed by atoms with E-state index in [-0.39, 0.29) is 17.2 Å². The number of rotatable bonds is 4. The molecule has 5 heteroatoms. The number of benzene rings is 1. The summed E-state index contributed by atoms with van der Waals surface area (Å²) in [6.45, 7) is 0.998. The van der Waals surface area contributed by atoms with Gasteiger partial charge < -0.3 is 16.8 Å². The van der Waals surface area contributed by atoms with Crippen LogP contribution in [-0.4, -0.2) is 19.0 Å². The van der Waals surface area contributed by atoms with Crippen LogP contribution in [0.2, 0.25) is 0 Å². The zero-order chi connectivity index (χ0) is 11.3. The SMILES string of the molecule is NCCCNC(=O)c1ccc(N)c(F)c1. The molecule has 4 nitrogen and oxygen atoms in total. The minimum Gasteiger partial charge on any atom is -0.396 e. The van der Waals surface area contributed by atoms with Crippen molar-refractivity contribution in [3.63, 3.8) is 0 Å². The standard InChI is InChI=1S/C10H14FN3O/c11-8-6-7(2-3-9(8)13)10(15)14-5-1-4-12/h2-3,6H,1,4-5,12-13H2,(H,14,15). The van der Waals surface area contributed by atoms with E-state index in [1.165, 1.54) is 12.1 Å². The van der Waals surface area contributed by atoms with Crippen LogP contribution >= 0.6 is 0 Å². The number of carbonyl (C=O) groups excluding carboxylic acids is 1. The van der Waals surface area contributed by atoms with Gasteiger partial charge in [-0.05, 0) is 31.2 Å². The molecule has 0 heterocycles. The lowest BCUT2D eigenvalue weighted by molar-refractivity contribution is 0.0953. The van der Waals surface area contributed by atoms with Gasteiger partial charge >= 0.3 is 0 Å². The van der Waals surface area contributed by atoms with E-state index in [0.717, 1.165) is 6.07 Å². The fourth-order valence-corrected chi connectivity index (χ4v) is 1.07. The quantitative estimate of drug-likeness (QED) is 0.500. The van der Waals surface area contributed by atoms with Gasteiger partial charge in [-0.3, -0.25) is 4.79 Å². The van der Waals surface area contributed by atoms with Crippen LogP contribution in [0.25, 0.3) is 0 Å². The lowest BCUT2D eigenvalue weighted by Crippen LogP contribution is -2.26. The van der Waals surface area contributed by atoms with E-state index in [2.05, 4.69) is 5.32 Å². The molecule has 1 rings (SSSR count). The first-order valence-corrected chi connectivity index (χ1v) is 4.68. The number of nitrogen functional groups attached to an aromatic ring is 1. The molecular formula is C10H14FN3O. The van der Waals surface area contributed by atoms with Crippen molar-refractivity contribution >= 4 is 11.6 Å². The van der Waals surface area contributed by atoms with Gasteiger partial charge in [0.25, 0.3) is 5.91 Å². The number of halogens is 1. The molecule has 0 atom stereocenters. The molecule has 0 aliphatic heterocycles. The molecule has 0 aliphatic rings. The van der Waals surface area contributed by atoms with Gasteiger partial charge in [0.2, 0.25) is 0 Å². The zero-order valence-electron chi connectivity index (χ0n) is 8.29. The average Bonchev–Trinajstić information content (AvgIpc) is 2.22. The molecule has 0 bridgehead atoms. The maximum Gasteiger partial charge on any atom is 0.251 e. The van der Waals surface area contributed by atoms with Gasteiger partial charge in [-0.2, -0.15) is 0 Å². The Bertz CT molecular complexity index is 355. The summed E-state index contributed by atoms with van der Waals surface area (Å²) < 4.78 is 13.0. The van der Waals surface area contributed by atoms with E-state index in [0.29, 0.717) is 19.5 Å². The van der Waals surface area contributed by atoms with Gasteiger partial charge in [0.15, 0.2) is 0 Å². The van der Waals surface area contributed by atoms with Crippen LogP contribution in [0.1, 0.15) is 16.8 Å². The van der Waals surface area contributed by atoms with E-state index in [4.69, 9.17) is 11.5 Å². The van der Waals surface area contributed by atoms with Crippen LogP contribution in [0.4, 0.5) is 10.1 Å². The highest BCUT2D eigenvalue weighted by atomic mass is 19.1. The van der Waals surface area contributed by atoms with E-state index >= 15 is 0 Å². The maximum absolute atomic E-state index is 13.0. The van der Waals surface area contributed by atoms with Gasteiger partial charge in [0.1, 0.15) is 5.82 Å². The van der Waals surface area contributed by atoms with Crippen molar-refractivity contribution in [1.82, 2.24) is 5.32 Å². The Morgan fingerprint density at radius 1 is 1.47 bits per heavy atom. The van der Waals surface area contributed by atoms with Crippen LogP contribution in [-0.2, 0) is 0 Å². The highest BCUT2D eigenvalue weighted by molar-refractivity contribution is 5.94. The summed E-state index contributed by atoms with van der Waals surface area (Å²) in [5.74, 6) is -0.899. The van der Waals surface area contributed by atoms with Gasteiger partial charge in [-0.15, -0.1) is 0 Å². The van der Waals surface area contributed by atoms with Crippen molar-refractivity contribution in [2.24, 2.45) is 5.73 Å². The maximum atomic E-state index is 13.0. The molecule has 0 fully saturated rings. The Labute approximate surface area is 87.4 Å². The summed E-state index contributed by atoms with van der Waals surface area (Å²) in [7, 11) is 0. The van der Waals surface area contributed by atoms with Crippen molar-refractivity contribution in [3.8, 4) is 0 Å². The Kier molecular flexibility index (Phi) is 4.05. The van der Waals surface area contributed by atoms with Crippen molar-refractivity contribution < 1.29 is 9.18 Å². The van der Waals surface area contributed by atoms with Gasteiger partial charge in [-0.1, -0.05) is 0 Å². The van der Waals surface area contributed by atoms with Crippen molar-refractivity contribution in [3.05, 3.63) is 29.6 Å². The molecule has 5 N–H and O–H groups in total. The van der Waals surface area contributed by atoms with Crippen LogP contribution in [0.15, 0.2) is 18.2 Å². The predicted octanol–water partition coefficient (Wildman–Crippen LogP) is 0.486. The van der Waals surface area contributed by atoms with Crippen LogP contribution in [0.3, 0.4) is 0 Å². The summed E-state index contributed by atoms with van der Waals surface area (Å²) in [5, 5.41) is 2.62. The molecule has 0 spiro atoms. The van der Waals surface area contributed by atoms with E-state index in [9.17, 15) is 9.18 Å². The lowest BCUT2D eigenvalue weighted by atomic mass is 10.2. The first-order chi connectivity index (χ1) is 7.15. The van der Waals surface area contributed by atoms with E-state index in [1.807, 2.05) is 0 Å². The molecule has 82 valence electrons. The lowest BCUT2D eigenvalue weighted by Gasteiger charge is -2.04. The van der Waals surface area contributed by atoms with Gasteiger partial charge in [0, 0.05) is 12.1 Å². The largest absolute Gasteiger partial charge is 0.396 e. The third kappa shape index (κ3) is 3.21. The molecule has 15 heavy (non-hydrogen) atoms. The first-order valence-electron chi connectivity index (χ1n) is 4.68. The second kappa shape index (κ2) is 5.31. The van der Waals surface area contributed by atoms with Crippen molar-refractivity contribution in [2.45, 2.75) is 6.42 Å². The second-order valence-corrected chi connectivity index (χ2v) is 3.13. The molecule has 0 saturated heterocycles. The summed E-state index contributed by atoms with van der Waals surface area (Å²) in [4.78, 5) is 11.4. The molecule has 0 radical (unpaired) electrons. The Morgan fingerprint density at radius 2 is 2.20 bits per heavy atom. The number of nitrogens with two attached hydrogens (primary N) is 2. The monoisotopic (exact) mass is 211 g/mol. The number of hydrogen-bond acceptors (Lipinski definition) is 3. The van der Waals surface area contributed by atoms with Crippen molar-refractivity contribution in [2.75, 3.05) is 18.8 Å². The number of carbonyl (C=O) groups is 1. The summed E-state index contributed by atoms with van der Waals surface area (Å²) in [6.07, 6.45) is 0.698. The topological polar surface area (TPSA) is 81.1 Å². The molecule has 0 saturated carbocycles. The third-order valence-corrected chi connectivity index (χ3v) is 1.93. The number of amides is 1. The number of nitrogens with one attached hydrogen (secondary N) is 1. The van der Waals surface area contributed by atoms with Crippen molar-refractivity contribution in [1.29, 1.82) is 0 Å². The molecule has 1 aromatic rings. The molecule has 0 unspecified atom stereocenters. The van der Waals surface area contributed by atoms with E-state index < -0.39 is 5.82 Å². The Morgan fingerprint density at radius 3 is 2.80 bits per heavy atom. The summed E-state index contributed by atoms with van der Waals surface area (Å²) in [6, 6.07) is 3.97. The minimum absolute atomic E-state index is 0.0357. The minimum atomic E-state index is -0.582. The normalized spacial score (nSPS) is 10.0. The van der Waals surface area contributed by atoms with Gasteiger partial charge in [0.05, 0.1) is 5.69 Å². The molecule has 1 amide bonds. The number of anilines is 1. The van der Waals surface area contributed by atoms with E-state index in [1.54, 1.807) is 0 Å². The Balaban J connectivity index is 2.62. The summed E-state index contributed by atoms with van der Waals surface area (Å²) >= 11 is 0. The Hall–Kier alpha value is -1.62. The molecule has 1 aromatic carbocycles. The van der Waals surface area contributed by atoms with Crippen LogP contribution in [0, 0.1) is 5.82 Å². The number of hydrogen-bond donors (Lipinski definition) is 3. The fourth-order valence-electron chi connectivity index (χ4n) is 1.07. The fraction of sp³-hybridized carbons (Fsp3) is 0.300. The van der Waals surface area contributed by atoms with Gasteiger partial charge in [-0.25, -0.2) is 4.39 Å². The first kappa shape index (κ1) is 11.5. The third-order valence-electron chi connectivity index (χ3n) is 1.93. The molecule has 0 aromatic heterocycles. The predicted molar refractivity (Wildman–Crippen MR) is 56.8 cm³/mol. The second-order valence-electron chi connectivity index (χ2n) is 3.13. The molecule has 0 aliphatic carbocycles. The highest BCUT2D eigenvalue weighted by Gasteiger charge is 2.07. The smallest absolute Gasteiger partial charge is 0.251 e. The highest BCUT2D eigenvalue weighted by Crippen LogP contribution is 2.11. The average molecular weight is 211 g/mol. The summed E-state index contributed by atoms with van der Waals surface area (Å²) in [5.41, 5.74) is 10.9. The zero-order valence-corrected chi connectivity index (χ0v) is 8.29. The van der Waals surface area contributed by atoms with Crippen LogP contribution < -0.4 is 16.8 Å². The van der Waals surface area contributed by atoms with Crippen LogP contribution in [0.5, 0.6) is 0 Å². The molecular weight excluding hydrogens is 197 g/mol.